The molecule has 1 heterocycles. The van der Waals surface area contributed by atoms with Crippen LogP contribution in [0.4, 0.5) is 4.39 Å². The Morgan fingerprint density at radius 3 is 2.88 bits per heavy atom. The first-order valence-electron chi connectivity index (χ1n) is 5.76. The molecular weight excluding hydrogens is 217 g/mol. The molecule has 1 aromatic carbocycles. The second-order valence-electron chi connectivity index (χ2n) is 3.95. The van der Waals surface area contributed by atoms with E-state index in [1.165, 1.54) is 6.07 Å². The summed E-state index contributed by atoms with van der Waals surface area (Å²) in [7, 11) is 0. The predicted octanol–water partition coefficient (Wildman–Crippen LogP) is 2.56. The Bertz CT molecular complexity index is 505. The van der Waals surface area contributed by atoms with Crippen LogP contribution in [0.15, 0.2) is 30.6 Å². The minimum Gasteiger partial charge on any atom is -0.331 e. The van der Waals surface area contributed by atoms with Gasteiger partial charge in [0.2, 0.25) is 0 Å². The quantitative estimate of drug-likeness (QED) is 0.882. The van der Waals surface area contributed by atoms with Crippen LogP contribution in [0.3, 0.4) is 0 Å². The third-order valence-corrected chi connectivity index (χ3v) is 2.71. The number of aryl methyl sites for hydroxylation is 1. The monoisotopic (exact) mass is 233 g/mol. The molecule has 0 aliphatic heterocycles. The predicted molar refractivity (Wildman–Crippen MR) is 65.8 cm³/mol. The van der Waals surface area contributed by atoms with Gasteiger partial charge in [-0.2, -0.15) is 0 Å². The molecule has 90 valence electrons. The summed E-state index contributed by atoms with van der Waals surface area (Å²) in [6.45, 7) is 3.20. The minimum absolute atomic E-state index is 0.218. The van der Waals surface area contributed by atoms with Gasteiger partial charge in [-0.05, 0) is 12.5 Å². The van der Waals surface area contributed by atoms with Crippen LogP contribution in [-0.2, 0) is 13.1 Å². The maximum Gasteiger partial charge on any atom is 0.139 e. The summed E-state index contributed by atoms with van der Waals surface area (Å²) >= 11 is 0. The van der Waals surface area contributed by atoms with Crippen LogP contribution in [0.1, 0.15) is 18.9 Å². The van der Waals surface area contributed by atoms with Crippen molar-refractivity contribution in [3.8, 4) is 11.4 Å². The van der Waals surface area contributed by atoms with Crippen molar-refractivity contribution in [1.82, 2.24) is 9.55 Å². The number of nitrogens with two attached hydrogens (primary N) is 1. The van der Waals surface area contributed by atoms with Gasteiger partial charge in [0.05, 0.1) is 0 Å². The number of rotatable bonds is 4. The Hall–Kier alpha value is -1.68. The average molecular weight is 233 g/mol. The van der Waals surface area contributed by atoms with E-state index in [2.05, 4.69) is 11.9 Å². The zero-order chi connectivity index (χ0) is 12.3. The highest BCUT2D eigenvalue weighted by molar-refractivity contribution is 5.56. The Morgan fingerprint density at radius 2 is 2.24 bits per heavy atom. The zero-order valence-electron chi connectivity index (χ0n) is 9.86. The van der Waals surface area contributed by atoms with Crippen LogP contribution < -0.4 is 5.73 Å². The van der Waals surface area contributed by atoms with E-state index in [9.17, 15) is 4.39 Å². The SMILES string of the molecule is CCCn1ccnc1-c1ccc(CN)c(F)c1. The molecule has 1 aromatic heterocycles. The summed E-state index contributed by atoms with van der Waals surface area (Å²) in [5, 5.41) is 0. The van der Waals surface area contributed by atoms with E-state index in [0.717, 1.165) is 24.4 Å². The number of hydrogen-bond donors (Lipinski definition) is 1. The summed E-state index contributed by atoms with van der Waals surface area (Å²) in [5.41, 5.74) is 6.76. The topological polar surface area (TPSA) is 43.8 Å². The highest BCUT2D eigenvalue weighted by Crippen LogP contribution is 2.20. The highest BCUT2D eigenvalue weighted by Gasteiger charge is 2.08. The van der Waals surface area contributed by atoms with Crippen LogP contribution in [-0.4, -0.2) is 9.55 Å². The van der Waals surface area contributed by atoms with Crippen molar-refractivity contribution in [3.05, 3.63) is 42.0 Å². The van der Waals surface area contributed by atoms with Crippen molar-refractivity contribution in [2.24, 2.45) is 5.73 Å². The number of benzene rings is 1. The van der Waals surface area contributed by atoms with Crippen molar-refractivity contribution >= 4 is 0 Å². The van der Waals surface area contributed by atoms with Gasteiger partial charge in [-0.1, -0.05) is 19.1 Å². The summed E-state index contributed by atoms with van der Waals surface area (Å²) in [6.07, 6.45) is 4.67. The molecule has 0 saturated heterocycles. The van der Waals surface area contributed by atoms with Gasteiger partial charge in [0, 0.05) is 36.6 Å². The first-order valence-corrected chi connectivity index (χ1v) is 5.76. The van der Waals surface area contributed by atoms with Gasteiger partial charge in [0.15, 0.2) is 0 Å². The molecule has 2 rings (SSSR count). The van der Waals surface area contributed by atoms with Crippen LogP contribution >= 0.6 is 0 Å². The molecule has 0 fully saturated rings. The van der Waals surface area contributed by atoms with Gasteiger partial charge in [0.25, 0.3) is 0 Å². The van der Waals surface area contributed by atoms with Crippen LogP contribution in [0.25, 0.3) is 11.4 Å². The molecule has 0 spiro atoms. The van der Waals surface area contributed by atoms with Crippen molar-refractivity contribution < 1.29 is 4.39 Å². The molecule has 17 heavy (non-hydrogen) atoms. The molecule has 0 aliphatic carbocycles. The lowest BCUT2D eigenvalue weighted by molar-refractivity contribution is 0.610. The Kier molecular flexibility index (Phi) is 3.54. The van der Waals surface area contributed by atoms with Crippen molar-refractivity contribution in [3.63, 3.8) is 0 Å². The van der Waals surface area contributed by atoms with Crippen molar-refractivity contribution in [2.45, 2.75) is 26.4 Å². The molecule has 3 nitrogen and oxygen atoms in total. The summed E-state index contributed by atoms with van der Waals surface area (Å²) < 4.78 is 15.7. The maximum absolute atomic E-state index is 13.6. The van der Waals surface area contributed by atoms with Gasteiger partial charge < -0.3 is 10.3 Å². The lowest BCUT2D eigenvalue weighted by Gasteiger charge is -2.07. The molecule has 0 atom stereocenters. The first kappa shape index (κ1) is 11.8. The van der Waals surface area contributed by atoms with Gasteiger partial charge >= 0.3 is 0 Å². The third-order valence-electron chi connectivity index (χ3n) is 2.71. The van der Waals surface area contributed by atoms with Gasteiger partial charge in [-0.15, -0.1) is 0 Å². The maximum atomic E-state index is 13.6. The molecule has 4 heteroatoms. The van der Waals surface area contributed by atoms with E-state index < -0.39 is 0 Å². The fourth-order valence-corrected chi connectivity index (χ4v) is 1.84. The molecule has 2 N–H and O–H groups in total. The van der Waals surface area contributed by atoms with E-state index in [0.29, 0.717) is 5.56 Å². The summed E-state index contributed by atoms with van der Waals surface area (Å²) in [5.74, 6) is 0.533. The molecule has 2 aromatic rings. The van der Waals surface area contributed by atoms with E-state index in [1.807, 2.05) is 16.8 Å². The fourth-order valence-electron chi connectivity index (χ4n) is 1.84. The highest BCUT2D eigenvalue weighted by atomic mass is 19.1. The smallest absolute Gasteiger partial charge is 0.139 e. The number of imidazole rings is 1. The normalized spacial score (nSPS) is 10.8. The van der Waals surface area contributed by atoms with Gasteiger partial charge in [-0.3, -0.25) is 0 Å². The molecule has 0 saturated carbocycles. The van der Waals surface area contributed by atoms with E-state index in [1.54, 1.807) is 12.3 Å². The molecule has 0 radical (unpaired) electrons. The standard InChI is InChI=1S/C13H16FN3/c1-2-6-17-7-5-16-13(17)10-3-4-11(9-15)12(14)8-10/h3-5,7-8H,2,6,9,15H2,1H3. The molecular formula is C13H16FN3. The lowest BCUT2D eigenvalue weighted by Crippen LogP contribution is -2.02. The van der Waals surface area contributed by atoms with Crippen LogP contribution in [0.2, 0.25) is 0 Å². The second-order valence-corrected chi connectivity index (χ2v) is 3.95. The third kappa shape index (κ3) is 2.36. The Balaban J connectivity index is 2.39. The van der Waals surface area contributed by atoms with Gasteiger partial charge in [0.1, 0.15) is 11.6 Å². The van der Waals surface area contributed by atoms with Crippen LogP contribution in [0.5, 0.6) is 0 Å². The van der Waals surface area contributed by atoms with Crippen molar-refractivity contribution in [1.29, 1.82) is 0 Å². The van der Waals surface area contributed by atoms with Gasteiger partial charge in [-0.25, -0.2) is 9.37 Å². The number of halogens is 1. The number of nitrogens with zero attached hydrogens (tertiary/aromatic N) is 2. The summed E-state index contributed by atoms with van der Waals surface area (Å²) in [6, 6.07) is 5.08. The number of aromatic nitrogens is 2. The molecule has 0 unspecified atom stereocenters. The van der Waals surface area contributed by atoms with E-state index >= 15 is 0 Å². The lowest BCUT2D eigenvalue weighted by atomic mass is 10.1. The molecule has 0 bridgehead atoms. The van der Waals surface area contributed by atoms with Crippen LogP contribution in [0, 0.1) is 5.82 Å². The van der Waals surface area contributed by atoms with E-state index in [4.69, 9.17) is 5.73 Å². The molecule has 0 amide bonds. The average Bonchev–Trinajstić information content (AvgIpc) is 2.78. The summed E-state index contributed by atoms with van der Waals surface area (Å²) in [4.78, 5) is 4.27. The minimum atomic E-state index is -0.268. The largest absolute Gasteiger partial charge is 0.331 e. The molecule has 0 aliphatic rings. The van der Waals surface area contributed by atoms with E-state index in [-0.39, 0.29) is 12.4 Å². The fraction of sp³-hybridized carbons (Fsp3) is 0.308. The zero-order valence-corrected chi connectivity index (χ0v) is 9.86. The van der Waals surface area contributed by atoms with Crippen molar-refractivity contribution in [2.75, 3.05) is 0 Å². The second kappa shape index (κ2) is 5.10. The number of hydrogen-bond acceptors (Lipinski definition) is 2. The Labute approximate surface area is 100 Å². The first-order chi connectivity index (χ1) is 8.26. The Morgan fingerprint density at radius 1 is 1.41 bits per heavy atom.